The lowest BCUT2D eigenvalue weighted by atomic mass is 10.2. The zero-order valence-corrected chi connectivity index (χ0v) is 21.1. The number of thiazole rings is 1. The number of carbonyl (C=O) groups is 2. The van der Waals surface area contributed by atoms with Crippen molar-refractivity contribution in [3.05, 3.63) is 30.5 Å². The molecule has 1 aliphatic carbocycles. The predicted molar refractivity (Wildman–Crippen MR) is 128 cm³/mol. The molecule has 1 aliphatic rings. The molecular weight excluding hydrogens is 504 g/mol. The van der Waals surface area contributed by atoms with Crippen molar-refractivity contribution in [2.45, 2.75) is 47.3 Å². The Morgan fingerprint density at radius 2 is 1.76 bits per heavy atom. The molecule has 186 valence electrons. The first-order valence-corrected chi connectivity index (χ1v) is 14.6. The minimum Gasteiger partial charge on any atom is -0.481 e. The van der Waals surface area contributed by atoms with Crippen molar-refractivity contribution < 1.29 is 31.5 Å². The number of rotatable bonds is 9. The second-order valence-corrected chi connectivity index (χ2v) is 12.9. The van der Waals surface area contributed by atoms with Gasteiger partial charge < -0.3 is 5.11 Å². The normalized spacial score (nSPS) is 14.8. The smallest absolute Gasteiger partial charge is 0.330 e. The highest BCUT2D eigenvalue weighted by Crippen LogP contribution is 2.32. The number of hydrogen-bond donors (Lipinski definition) is 2. The Bertz CT molecular complexity index is 1250. The van der Waals surface area contributed by atoms with Gasteiger partial charge in [0.05, 0.1) is 17.5 Å². The number of amides is 2. The van der Waals surface area contributed by atoms with Gasteiger partial charge in [-0.1, -0.05) is 24.2 Å². The molecule has 1 aromatic heterocycles. The molecule has 1 saturated carbocycles. The number of benzene rings is 1. The Kier molecular flexibility index (Phi) is 7.95. The summed E-state index contributed by atoms with van der Waals surface area (Å²) in [5.74, 6) is -1.13. The highest BCUT2D eigenvalue weighted by Gasteiger charge is 2.32. The topological polar surface area (TPSA) is 154 Å². The zero-order valence-electron chi connectivity index (χ0n) is 18.7. The first kappa shape index (κ1) is 26.1. The van der Waals surface area contributed by atoms with Gasteiger partial charge in [-0.05, 0) is 37.1 Å². The van der Waals surface area contributed by atoms with E-state index in [1.165, 1.54) is 24.1 Å². The van der Waals surface area contributed by atoms with E-state index in [1.807, 2.05) is 0 Å². The van der Waals surface area contributed by atoms with Crippen molar-refractivity contribution >= 4 is 54.0 Å². The monoisotopic (exact) mass is 530 g/mol. The fraction of sp³-hybridized carbons (Fsp3) is 0.450. The van der Waals surface area contributed by atoms with Crippen LogP contribution in [0.2, 0.25) is 0 Å². The number of nitrogens with one attached hydrogen (secondary N) is 1. The Balaban J connectivity index is 1.84. The van der Waals surface area contributed by atoms with Crippen LogP contribution in [0.4, 0.5) is 15.6 Å². The fourth-order valence-electron chi connectivity index (χ4n) is 3.63. The maximum Gasteiger partial charge on any atom is 0.330 e. The minimum absolute atomic E-state index is 0.0834. The first-order valence-electron chi connectivity index (χ1n) is 10.4. The quantitative estimate of drug-likeness (QED) is 0.501. The molecular formula is C20H26N4O7S3. The highest BCUT2D eigenvalue weighted by atomic mass is 32.2. The molecule has 14 heteroatoms. The molecule has 0 bridgehead atoms. The van der Waals surface area contributed by atoms with Crippen LogP contribution in [0, 0.1) is 0 Å². The summed E-state index contributed by atoms with van der Waals surface area (Å²) in [4.78, 5) is 31.2. The summed E-state index contributed by atoms with van der Waals surface area (Å²) < 4.78 is 50.5. The molecule has 11 nitrogen and oxygen atoms in total. The number of anilines is 2. The predicted octanol–water partition coefficient (Wildman–Crippen LogP) is 2.30. The lowest BCUT2D eigenvalue weighted by Gasteiger charge is -2.32. The van der Waals surface area contributed by atoms with Crippen molar-refractivity contribution in [1.82, 2.24) is 9.71 Å². The van der Waals surface area contributed by atoms with Gasteiger partial charge in [-0.25, -0.2) is 31.3 Å². The average molecular weight is 531 g/mol. The number of carbonyl (C=O) groups excluding carboxylic acids is 1. The van der Waals surface area contributed by atoms with Crippen LogP contribution in [-0.2, 0) is 24.7 Å². The van der Waals surface area contributed by atoms with Crippen LogP contribution in [-0.4, -0.2) is 64.8 Å². The summed E-state index contributed by atoms with van der Waals surface area (Å²) in [6.45, 7) is -0.265. The Morgan fingerprint density at radius 1 is 1.15 bits per heavy atom. The van der Waals surface area contributed by atoms with Crippen molar-refractivity contribution in [3.63, 3.8) is 0 Å². The SMILES string of the molecule is CN(C(=O)N(c1ccc(S(C)(=O)=O)cc1)C1CCCC1)c1ncc(S(=O)(=O)NCCC(=O)O)s1. The number of nitrogens with zero attached hydrogens (tertiary/aromatic N) is 3. The molecule has 0 spiro atoms. The molecule has 2 aromatic rings. The number of urea groups is 1. The van der Waals surface area contributed by atoms with Gasteiger partial charge in [0.1, 0.15) is 0 Å². The van der Waals surface area contributed by atoms with Gasteiger partial charge in [-0.15, -0.1) is 0 Å². The number of sulfonamides is 1. The molecule has 0 unspecified atom stereocenters. The van der Waals surface area contributed by atoms with Gasteiger partial charge in [-0.3, -0.25) is 14.6 Å². The van der Waals surface area contributed by atoms with E-state index in [2.05, 4.69) is 9.71 Å². The van der Waals surface area contributed by atoms with Crippen LogP contribution in [0.1, 0.15) is 32.1 Å². The van der Waals surface area contributed by atoms with Crippen LogP contribution in [0.25, 0.3) is 0 Å². The number of sulfone groups is 1. The zero-order chi connectivity index (χ0) is 25.1. The first-order chi connectivity index (χ1) is 15.9. The maximum atomic E-state index is 13.5. The van der Waals surface area contributed by atoms with Crippen molar-refractivity contribution in [2.75, 3.05) is 29.6 Å². The standard InChI is InChI=1S/C20H26N4O7S3/c1-23(19-21-13-18(32-19)34(30,31)22-12-11-17(25)26)20(27)24(14-5-3-4-6-14)15-7-9-16(10-8-15)33(2,28)29/h7-10,13-14,22H,3-6,11-12H2,1-2H3,(H,25,26). The molecule has 0 aliphatic heterocycles. The van der Waals surface area contributed by atoms with Gasteiger partial charge >= 0.3 is 12.0 Å². The summed E-state index contributed by atoms with van der Waals surface area (Å²) in [7, 11) is -5.86. The molecule has 0 radical (unpaired) electrons. The highest BCUT2D eigenvalue weighted by molar-refractivity contribution is 7.91. The Hall–Kier alpha value is -2.55. The van der Waals surface area contributed by atoms with Gasteiger partial charge in [-0.2, -0.15) is 0 Å². The third-order valence-electron chi connectivity index (χ3n) is 5.38. The van der Waals surface area contributed by atoms with Gasteiger partial charge in [0.25, 0.3) is 10.0 Å². The molecule has 2 N–H and O–H groups in total. The maximum absolute atomic E-state index is 13.5. The van der Waals surface area contributed by atoms with E-state index < -0.39 is 31.9 Å². The number of aliphatic carboxylic acids is 1. The third-order valence-corrected chi connectivity index (χ3v) is 9.51. The largest absolute Gasteiger partial charge is 0.481 e. The molecule has 0 atom stereocenters. The average Bonchev–Trinajstić information content (AvgIpc) is 3.45. The second kappa shape index (κ2) is 10.4. The van der Waals surface area contributed by atoms with Crippen LogP contribution >= 0.6 is 11.3 Å². The summed E-state index contributed by atoms with van der Waals surface area (Å²) in [6, 6.07) is 5.58. The molecule has 0 saturated heterocycles. The van der Waals surface area contributed by atoms with E-state index in [0.717, 1.165) is 49.5 Å². The van der Waals surface area contributed by atoms with Gasteiger partial charge in [0.2, 0.25) is 0 Å². The van der Waals surface area contributed by atoms with E-state index in [4.69, 9.17) is 5.11 Å². The third kappa shape index (κ3) is 6.11. The van der Waals surface area contributed by atoms with Crippen LogP contribution in [0.3, 0.4) is 0 Å². The van der Waals surface area contributed by atoms with E-state index in [1.54, 1.807) is 17.0 Å². The van der Waals surface area contributed by atoms with Crippen LogP contribution < -0.4 is 14.5 Å². The number of carboxylic acid groups (broad SMARTS) is 1. The number of carboxylic acids is 1. The van der Waals surface area contributed by atoms with Crippen LogP contribution in [0.5, 0.6) is 0 Å². The van der Waals surface area contributed by atoms with E-state index in [0.29, 0.717) is 5.69 Å². The molecule has 2 amide bonds. The molecule has 1 aromatic carbocycles. The van der Waals surface area contributed by atoms with Gasteiger partial charge in [0, 0.05) is 31.6 Å². The van der Waals surface area contributed by atoms with E-state index in [9.17, 15) is 26.4 Å². The minimum atomic E-state index is -3.97. The molecule has 3 rings (SSSR count). The Morgan fingerprint density at radius 3 is 2.32 bits per heavy atom. The van der Waals surface area contributed by atoms with E-state index >= 15 is 0 Å². The molecule has 1 heterocycles. The van der Waals surface area contributed by atoms with Crippen molar-refractivity contribution in [1.29, 1.82) is 0 Å². The summed E-state index contributed by atoms with van der Waals surface area (Å²) in [5, 5.41) is 8.84. The van der Waals surface area contributed by atoms with Crippen LogP contribution in [0.15, 0.2) is 39.6 Å². The summed E-state index contributed by atoms with van der Waals surface area (Å²) in [5.41, 5.74) is 0.538. The summed E-state index contributed by atoms with van der Waals surface area (Å²) in [6.07, 6.45) is 5.37. The van der Waals surface area contributed by atoms with E-state index in [-0.39, 0.29) is 33.2 Å². The number of hydrogen-bond acceptors (Lipinski definition) is 8. The van der Waals surface area contributed by atoms with Gasteiger partial charge in [0.15, 0.2) is 19.2 Å². The molecule has 34 heavy (non-hydrogen) atoms. The number of aromatic nitrogens is 1. The summed E-state index contributed by atoms with van der Waals surface area (Å²) >= 11 is 0.786. The van der Waals surface area contributed by atoms with Crippen molar-refractivity contribution in [2.24, 2.45) is 0 Å². The second-order valence-electron chi connectivity index (χ2n) is 7.92. The fourth-order valence-corrected chi connectivity index (χ4v) is 6.41. The molecule has 1 fully saturated rings. The Labute approximate surface area is 202 Å². The lowest BCUT2D eigenvalue weighted by Crippen LogP contribution is -2.46. The lowest BCUT2D eigenvalue weighted by molar-refractivity contribution is -0.136. The van der Waals surface area contributed by atoms with Crippen molar-refractivity contribution in [3.8, 4) is 0 Å².